The molecule has 2 heterocycles. The van der Waals surface area contributed by atoms with Crippen LogP contribution in [0.3, 0.4) is 0 Å². The Hall–Kier alpha value is -3.07. The highest BCUT2D eigenvalue weighted by Crippen LogP contribution is 2.35. The van der Waals surface area contributed by atoms with Crippen LogP contribution in [0.4, 0.5) is 11.4 Å². The van der Waals surface area contributed by atoms with Gasteiger partial charge in [0.15, 0.2) is 0 Å². The van der Waals surface area contributed by atoms with E-state index in [0.717, 1.165) is 9.37 Å². The largest absolute Gasteiger partial charge is 0.381 e. The summed E-state index contributed by atoms with van der Waals surface area (Å²) >= 11 is 3.31. The minimum Gasteiger partial charge on any atom is -0.381 e. The number of nitro groups is 1. The van der Waals surface area contributed by atoms with E-state index >= 15 is 0 Å². The molecule has 0 bridgehead atoms. The van der Waals surface area contributed by atoms with Crippen LogP contribution in [0.25, 0.3) is 0 Å². The number of non-ortho nitro benzene ring substituents is 1. The van der Waals surface area contributed by atoms with Crippen LogP contribution >= 0.6 is 15.9 Å². The molecule has 2 atom stereocenters. The lowest BCUT2D eigenvalue weighted by molar-refractivity contribution is -0.384. The molecule has 0 radical (unpaired) electrons. The highest BCUT2D eigenvalue weighted by Gasteiger charge is 2.56. The van der Waals surface area contributed by atoms with Gasteiger partial charge in [-0.25, -0.2) is 4.90 Å². The summed E-state index contributed by atoms with van der Waals surface area (Å²) < 4.78 is 0.824. The first-order valence-corrected chi connectivity index (χ1v) is 8.38. The molecule has 2 unspecified atom stereocenters. The molecule has 2 aromatic rings. The summed E-state index contributed by atoms with van der Waals surface area (Å²) in [5.74, 6) is -1.78. The second-order valence-electron chi connectivity index (χ2n) is 5.77. The molecule has 0 spiro atoms. The van der Waals surface area contributed by atoms with Crippen LogP contribution in [0.2, 0.25) is 0 Å². The fraction of sp³-hybridized carbons (Fsp3) is 0.118. The third kappa shape index (κ3) is 2.48. The normalized spacial score (nSPS) is 21.4. The molecule has 0 saturated carbocycles. The summed E-state index contributed by atoms with van der Waals surface area (Å²) in [5.41, 5.74) is 1.17. The molecule has 1 saturated heterocycles. The molecule has 0 N–H and O–H groups in total. The summed E-state index contributed by atoms with van der Waals surface area (Å²) in [4.78, 5) is 42.0. The fourth-order valence-corrected chi connectivity index (χ4v) is 3.28. The van der Waals surface area contributed by atoms with Crippen LogP contribution in [0.15, 0.2) is 58.2 Å². The van der Waals surface area contributed by atoms with Gasteiger partial charge in [-0.2, -0.15) is 0 Å². The van der Waals surface area contributed by atoms with Gasteiger partial charge in [0.05, 0.1) is 10.6 Å². The minimum absolute atomic E-state index is 0.0740. The van der Waals surface area contributed by atoms with Crippen molar-refractivity contribution in [2.75, 3.05) is 4.90 Å². The third-order valence-electron chi connectivity index (χ3n) is 4.27. The van der Waals surface area contributed by atoms with Gasteiger partial charge in [-0.1, -0.05) is 21.1 Å². The Morgan fingerprint density at radius 2 is 1.69 bits per heavy atom. The summed E-state index contributed by atoms with van der Waals surface area (Å²) in [5, 5.41) is 14.7. The van der Waals surface area contributed by atoms with Gasteiger partial charge in [-0.3, -0.25) is 19.7 Å². The maximum absolute atomic E-state index is 12.9. The monoisotopic (exact) mass is 415 g/mol. The van der Waals surface area contributed by atoms with Crippen molar-refractivity contribution in [2.45, 2.75) is 6.10 Å². The molecule has 2 aliphatic rings. The van der Waals surface area contributed by atoms with Crippen LogP contribution in [0.5, 0.6) is 0 Å². The van der Waals surface area contributed by atoms with E-state index in [9.17, 15) is 19.7 Å². The van der Waals surface area contributed by atoms with E-state index < -0.39 is 28.8 Å². The smallest absolute Gasteiger partial charge is 0.278 e. The summed E-state index contributed by atoms with van der Waals surface area (Å²) in [6, 6.07) is 12.4. The number of imide groups is 1. The number of carbonyl (C=O) groups is 2. The number of oxime groups is 1. The first-order chi connectivity index (χ1) is 12.5. The van der Waals surface area contributed by atoms with Crippen molar-refractivity contribution in [1.29, 1.82) is 0 Å². The number of fused-ring (bicyclic) bond motifs is 1. The van der Waals surface area contributed by atoms with Gasteiger partial charge in [-0.15, -0.1) is 0 Å². The van der Waals surface area contributed by atoms with Crippen molar-refractivity contribution in [2.24, 2.45) is 11.1 Å². The lowest BCUT2D eigenvalue weighted by Gasteiger charge is -2.15. The van der Waals surface area contributed by atoms with E-state index in [-0.39, 0.29) is 5.69 Å². The first kappa shape index (κ1) is 16.4. The molecule has 1 fully saturated rings. The van der Waals surface area contributed by atoms with E-state index in [1.165, 1.54) is 24.3 Å². The number of anilines is 1. The van der Waals surface area contributed by atoms with Crippen LogP contribution < -0.4 is 4.90 Å². The number of hydrogen-bond donors (Lipinski definition) is 0. The van der Waals surface area contributed by atoms with E-state index in [1.54, 1.807) is 24.3 Å². The van der Waals surface area contributed by atoms with E-state index in [2.05, 4.69) is 21.1 Å². The average molecular weight is 416 g/mol. The minimum atomic E-state index is -1.02. The number of amides is 2. The Morgan fingerprint density at radius 3 is 2.31 bits per heavy atom. The molecule has 4 rings (SSSR count). The van der Waals surface area contributed by atoms with Crippen molar-refractivity contribution in [1.82, 2.24) is 0 Å². The zero-order chi connectivity index (χ0) is 18.4. The molecular weight excluding hydrogens is 406 g/mol. The Kier molecular flexibility index (Phi) is 3.80. The maximum Gasteiger partial charge on any atom is 0.278 e. The lowest BCUT2D eigenvalue weighted by Crippen LogP contribution is -2.33. The lowest BCUT2D eigenvalue weighted by atomic mass is 9.94. The summed E-state index contributed by atoms with van der Waals surface area (Å²) in [7, 11) is 0. The van der Waals surface area contributed by atoms with Crippen molar-refractivity contribution in [3.05, 3.63) is 68.7 Å². The molecule has 8 nitrogen and oxygen atoms in total. The van der Waals surface area contributed by atoms with Gasteiger partial charge in [0.1, 0.15) is 11.6 Å². The molecule has 9 heteroatoms. The molecule has 26 heavy (non-hydrogen) atoms. The Balaban J connectivity index is 1.66. The number of benzene rings is 2. The quantitative estimate of drug-likeness (QED) is 0.435. The number of nitrogens with zero attached hydrogens (tertiary/aromatic N) is 3. The zero-order valence-corrected chi connectivity index (χ0v) is 14.6. The Labute approximate surface area is 155 Å². The molecule has 0 aliphatic carbocycles. The average Bonchev–Trinajstić information content (AvgIpc) is 3.17. The zero-order valence-electron chi connectivity index (χ0n) is 13.0. The second-order valence-corrected chi connectivity index (χ2v) is 6.69. The molecule has 2 aliphatic heterocycles. The van der Waals surface area contributed by atoms with Crippen LogP contribution in [0.1, 0.15) is 5.56 Å². The van der Waals surface area contributed by atoms with Crippen molar-refractivity contribution < 1.29 is 19.3 Å². The third-order valence-corrected chi connectivity index (χ3v) is 4.80. The molecule has 130 valence electrons. The van der Waals surface area contributed by atoms with Gasteiger partial charge in [-0.05, 0) is 36.4 Å². The number of carbonyl (C=O) groups excluding carboxylic acids is 2. The highest BCUT2D eigenvalue weighted by atomic mass is 79.9. The van der Waals surface area contributed by atoms with Gasteiger partial charge in [0.2, 0.25) is 12.0 Å². The van der Waals surface area contributed by atoms with Crippen molar-refractivity contribution in [3.8, 4) is 0 Å². The molecule has 2 amide bonds. The van der Waals surface area contributed by atoms with Gasteiger partial charge < -0.3 is 4.84 Å². The van der Waals surface area contributed by atoms with Crippen LogP contribution in [-0.4, -0.2) is 28.6 Å². The van der Waals surface area contributed by atoms with Crippen LogP contribution in [0, 0.1) is 16.0 Å². The van der Waals surface area contributed by atoms with E-state index in [0.29, 0.717) is 17.0 Å². The first-order valence-electron chi connectivity index (χ1n) is 7.59. The standard InChI is InChI=1S/C17H10BrN3O5/c18-10-3-7-11(8-4-10)20-16(22)13-14(19-26-15(13)17(20)23)9-1-5-12(6-2-9)21(24)25/h1-8,13,15H. The predicted octanol–water partition coefficient (Wildman–Crippen LogP) is 2.65. The number of halogens is 1. The van der Waals surface area contributed by atoms with E-state index in [4.69, 9.17) is 4.84 Å². The van der Waals surface area contributed by atoms with Crippen LogP contribution in [-0.2, 0) is 14.4 Å². The topological polar surface area (TPSA) is 102 Å². The molecular formula is C17H10BrN3O5. The number of nitro benzene ring substituents is 1. The predicted molar refractivity (Wildman–Crippen MR) is 94.6 cm³/mol. The van der Waals surface area contributed by atoms with Gasteiger partial charge in [0, 0.05) is 22.2 Å². The second kappa shape index (κ2) is 6.03. The van der Waals surface area contributed by atoms with Crippen molar-refractivity contribution in [3.63, 3.8) is 0 Å². The summed E-state index contributed by atoms with van der Waals surface area (Å²) in [6.07, 6.45) is -1.02. The molecule has 2 aromatic carbocycles. The number of hydrogen-bond acceptors (Lipinski definition) is 6. The van der Waals surface area contributed by atoms with Gasteiger partial charge >= 0.3 is 0 Å². The molecule has 0 aromatic heterocycles. The Morgan fingerprint density at radius 1 is 1.04 bits per heavy atom. The summed E-state index contributed by atoms with van der Waals surface area (Å²) in [6.45, 7) is 0. The van der Waals surface area contributed by atoms with E-state index in [1.807, 2.05) is 0 Å². The highest BCUT2D eigenvalue weighted by molar-refractivity contribution is 9.10. The fourth-order valence-electron chi connectivity index (χ4n) is 3.01. The van der Waals surface area contributed by atoms with Crippen molar-refractivity contribution >= 4 is 44.8 Å². The SMILES string of the molecule is O=C1C2ON=C(c3ccc([N+](=O)[O-])cc3)C2C(=O)N1c1ccc(Br)cc1. The van der Waals surface area contributed by atoms with Gasteiger partial charge in [0.25, 0.3) is 11.6 Å². The Bertz CT molecular complexity index is 955. The maximum atomic E-state index is 12.9. The number of rotatable bonds is 3.